The molecule has 1 aliphatic rings. The van der Waals surface area contributed by atoms with Crippen LogP contribution in [0.25, 0.3) is 0 Å². The number of hydrogen-bond donors (Lipinski definition) is 1. The van der Waals surface area contributed by atoms with Gasteiger partial charge in [-0.1, -0.05) is 19.1 Å². The van der Waals surface area contributed by atoms with Crippen LogP contribution in [0.5, 0.6) is 0 Å². The van der Waals surface area contributed by atoms with E-state index in [1.165, 1.54) is 4.90 Å². The molecule has 4 heteroatoms. The predicted octanol–water partition coefficient (Wildman–Crippen LogP) is 2.08. The molecular weight excluding hydrogens is 216 g/mol. The van der Waals surface area contributed by atoms with E-state index in [4.69, 9.17) is 0 Å². The van der Waals surface area contributed by atoms with E-state index in [9.17, 15) is 9.59 Å². The molecule has 1 N–H and O–H groups in total. The summed E-state index contributed by atoms with van der Waals surface area (Å²) in [6.07, 6.45) is 0. The van der Waals surface area contributed by atoms with Gasteiger partial charge in [0.05, 0.1) is 11.6 Å². The number of carbonyl (C=O) groups is 2. The molecule has 0 aliphatic carbocycles. The minimum atomic E-state index is -0.341. The maximum absolute atomic E-state index is 12.1. The van der Waals surface area contributed by atoms with Gasteiger partial charge in [-0.15, -0.1) is 0 Å². The molecule has 1 fully saturated rings. The lowest BCUT2D eigenvalue weighted by Gasteiger charge is -2.34. The van der Waals surface area contributed by atoms with E-state index >= 15 is 0 Å². The number of aryl methyl sites for hydroxylation is 1. The summed E-state index contributed by atoms with van der Waals surface area (Å²) in [5.41, 5.74) is 1.65. The van der Waals surface area contributed by atoms with E-state index in [1.807, 2.05) is 39.0 Å². The number of nitrogens with one attached hydrogen (secondary N) is 1. The second-order valence-electron chi connectivity index (χ2n) is 4.54. The molecule has 0 bridgehead atoms. The molecule has 0 spiro atoms. The molecule has 1 aromatic carbocycles. The number of nitrogens with zero attached hydrogens (tertiary/aromatic N) is 1. The Morgan fingerprint density at radius 2 is 1.94 bits per heavy atom. The number of carbonyl (C=O) groups excluding carboxylic acids is 2. The molecule has 2 atom stereocenters. The second kappa shape index (κ2) is 4.20. The topological polar surface area (TPSA) is 49.4 Å². The van der Waals surface area contributed by atoms with Crippen LogP contribution in [-0.4, -0.2) is 18.0 Å². The van der Waals surface area contributed by atoms with E-state index < -0.39 is 0 Å². The van der Waals surface area contributed by atoms with E-state index in [1.54, 1.807) is 6.07 Å². The summed E-state index contributed by atoms with van der Waals surface area (Å²) in [6.45, 7) is 5.60. The zero-order chi connectivity index (χ0) is 12.6. The Balaban J connectivity index is 2.37. The first-order valence-electron chi connectivity index (χ1n) is 5.72. The molecule has 2 rings (SSSR count). The van der Waals surface area contributed by atoms with Gasteiger partial charge in [-0.25, -0.2) is 9.69 Å². The molecule has 4 nitrogen and oxygen atoms in total. The normalized spacial score (nSPS) is 24.8. The van der Waals surface area contributed by atoms with Gasteiger partial charge in [-0.3, -0.25) is 4.79 Å². The summed E-state index contributed by atoms with van der Waals surface area (Å²) < 4.78 is 0. The SMILES string of the molecule is Cc1cccc(N2C(=O)NC(C)C(C)C2=O)c1. The number of urea groups is 1. The van der Waals surface area contributed by atoms with Crippen LogP contribution in [-0.2, 0) is 4.79 Å². The minimum absolute atomic E-state index is 0.115. The first-order chi connectivity index (χ1) is 8.00. The number of benzene rings is 1. The lowest BCUT2D eigenvalue weighted by Crippen LogP contribution is -2.58. The van der Waals surface area contributed by atoms with Crippen LogP contribution in [0.4, 0.5) is 10.5 Å². The van der Waals surface area contributed by atoms with Gasteiger partial charge in [0, 0.05) is 6.04 Å². The van der Waals surface area contributed by atoms with E-state index in [2.05, 4.69) is 5.32 Å². The highest BCUT2D eigenvalue weighted by molar-refractivity contribution is 6.16. The van der Waals surface area contributed by atoms with Crippen molar-refractivity contribution in [1.29, 1.82) is 0 Å². The summed E-state index contributed by atoms with van der Waals surface area (Å²) in [4.78, 5) is 25.2. The van der Waals surface area contributed by atoms with Crippen molar-refractivity contribution in [2.45, 2.75) is 26.8 Å². The van der Waals surface area contributed by atoms with Gasteiger partial charge < -0.3 is 5.32 Å². The van der Waals surface area contributed by atoms with Crippen LogP contribution in [0.3, 0.4) is 0 Å². The van der Waals surface area contributed by atoms with Crippen LogP contribution in [0, 0.1) is 12.8 Å². The minimum Gasteiger partial charge on any atom is -0.334 e. The number of hydrogen-bond acceptors (Lipinski definition) is 2. The van der Waals surface area contributed by atoms with Crippen LogP contribution in [0.15, 0.2) is 24.3 Å². The van der Waals surface area contributed by atoms with Crippen molar-refractivity contribution < 1.29 is 9.59 Å². The average molecular weight is 232 g/mol. The Labute approximate surface area is 101 Å². The fraction of sp³-hybridized carbons (Fsp3) is 0.385. The Morgan fingerprint density at radius 1 is 1.24 bits per heavy atom. The van der Waals surface area contributed by atoms with Gasteiger partial charge in [0.15, 0.2) is 0 Å². The number of amides is 3. The summed E-state index contributed by atoms with van der Waals surface area (Å²) in [5, 5.41) is 2.79. The van der Waals surface area contributed by atoms with Crippen molar-refractivity contribution in [2.24, 2.45) is 5.92 Å². The highest BCUT2D eigenvalue weighted by Crippen LogP contribution is 2.23. The third-order valence-corrected chi connectivity index (χ3v) is 3.17. The standard InChI is InChI=1S/C13H16N2O2/c1-8-5-4-6-11(7-8)15-12(16)9(2)10(3)14-13(15)17/h4-7,9-10H,1-3H3,(H,14,17). The van der Waals surface area contributed by atoms with Crippen molar-refractivity contribution in [1.82, 2.24) is 5.32 Å². The van der Waals surface area contributed by atoms with Gasteiger partial charge in [-0.2, -0.15) is 0 Å². The molecule has 2 unspecified atom stereocenters. The van der Waals surface area contributed by atoms with Crippen molar-refractivity contribution >= 4 is 17.6 Å². The number of anilines is 1. The first-order valence-corrected chi connectivity index (χ1v) is 5.72. The van der Waals surface area contributed by atoms with Crippen LogP contribution in [0.2, 0.25) is 0 Å². The smallest absolute Gasteiger partial charge is 0.328 e. The number of imide groups is 1. The number of rotatable bonds is 1. The largest absolute Gasteiger partial charge is 0.334 e. The molecule has 0 aromatic heterocycles. The second-order valence-corrected chi connectivity index (χ2v) is 4.54. The molecule has 1 saturated heterocycles. The third kappa shape index (κ3) is 2.02. The van der Waals surface area contributed by atoms with Crippen molar-refractivity contribution in [3.63, 3.8) is 0 Å². The zero-order valence-corrected chi connectivity index (χ0v) is 10.2. The highest BCUT2D eigenvalue weighted by Gasteiger charge is 2.36. The fourth-order valence-corrected chi connectivity index (χ4v) is 1.91. The van der Waals surface area contributed by atoms with E-state index in [0.717, 1.165) is 5.56 Å². The molecule has 1 heterocycles. The van der Waals surface area contributed by atoms with Crippen LogP contribution in [0.1, 0.15) is 19.4 Å². The Morgan fingerprint density at radius 3 is 2.59 bits per heavy atom. The zero-order valence-electron chi connectivity index (χ0n) is 10.2. The molecule has 1 aliphatic heterocycles. The highest BCUT2D eigenvalue weighted by atomic mass is 16.2. The quantitative estimate of drug-likeness (QED) is 0.805. The van der Waals surface area contributed by atoms with Gasteiger partial charge in [-0.05, 0) is 31.5 Å². The predicted molar refractivity (Wildman–Crippen MR) is 65.8 cm³/mol. The Bertz CT molecular complexity index is 470. The summed E-state index contributed by atoms with van der Waals surface area (Å²) in [7, 11) is 0. The van der Waals surface area contributed by atoms with Gasteiger partial charge in [0.1, 0.15) is 0 Å². The molecule has 0 radical (unpaired) electrons. The van der Waals surface area contributed by atoms with Crippen LogP contribution >= 0.6 is 0 Å². The fourth-order valence-electron chi connectivity index (χ4n) is 1.91. The van der Waals surface area contributed by atoms with E-state index in [-0.39, 0.29) is 23.9 Å². The average Bonchev–Trinajstić information content (AvgIpc) is 2.26. The Kier molecular flexibility index (Phi) is 2.88. The molecule has 90 valence electrons. The molecule has 3 amide bonds. The Hall–Kier alpha value is -1.84. The summed E-state index contributed by atoms with van der Waals surface area (Å²) in [6, 6.07) is 6.92. The third-order valence-electron chi connectivity index (χ3n) is 3.17. The van der Waals surface area contributed by atoms with Gasteiger partial charge >= 0.3 is 6.03 Å². The molecule has 17 heavy (non-hydrogen) atoms. The first kappa shape index (κ1) is 11.6. The maximum Gasteiger partial charge on any atom is 0.328 e. The summed E-state index contributed by atoms with van der Waals surface area (Å²) in [5.74, 6) is -0.347. The van der Waals surface area contributed by atoms with Gasteiger partial charge in [0.25, 0.3) is 0 Å². The van der Waals surface area contributed by atoms with Crippen LogP contribution < -0.4 is 10.2 Å². The maximum atomic E-state index is 12.1. The van der Waals surface area contributed by atoms with Gasteiger partial charge in [0.2, 0.25) is 5.91 Å². The van der Waals surface area contributed by atoms with Crippen molar-refractivity contribution in [2.75, 3.05) is 4.90 Å². The molecule has 1 aromatic rings. The van der Waals surface area contributed by atoms with Crippen molar-refractivity contribution in [3.8, 4) is 0 Å². The van der Waals surface area contributed by atoms with Crippen molar-refractivity contribution in [3.05, 3.63) is 29.8 Å². The lowest BCUT2D eigenvalue weighted by molar-refractivity contribution is -0.122. The lowest BCUT2D eigenvalue weighted by atomic mass is 9.99. The monoisotopic (exact) mass is 232 g/mol. The molecular formula is C13H16N2O2. The molecule has 0 saturated carbocycles. The van der Waals surface area contributed by atoms with E-state index in [0.29, 0.717) is 5.69 Å². The summed E-state index contributed by atoms with van der Waals surface area (Å²) >= 11 is 0.